The van der Waals surface area contributed by atoms with E-state index in [4.69, 9.17) is 4.74 Å². The van der Waals surface area contributed by atoms with Gasteiger partial charge in [-0.1, -0.05) is 13.0 Å². The molecular formula is C20H31NO4. The average molecular weight is 349 g/mol. The van der Waals surface area contributed by atoms with Crippen molar-refractivity contribution in [2.45, 2.75) is 58.5 Å². The number of hydrogen-bond acceptors (Lipinski definition) is 5. The Bertz CT molecular complexity index is 557. The van der Waals surface area contributed by atoms with Crippen molar-refractivity contribution in [3.8, 4) is 0 Å². The fourth-order valence-corrected chi connectivity index (χ4v) is 2.83. The van der Waals surface area contributed by atoms with Crippen molar-refractivity contribution >= 4 is 12.4 Å². The van der Waals surface area contributed by atoms with Gasteiger partial charge >= 0.3 is 5.97 Å². The van der Waals surface area contributed by atoms with Gasteiger partial charge in [0.2, 0.25) is 0 Å². The first-order valence-corrected chi connectivity index (χ1v) is 8.85. The van der Waals surface area contributed by atoms with Crippen molar-refractivity contribution in [2.75, 3.05) is 20.2 Å². The first-order valence-electron chi connectivity index (χ1n) is 8.85. The second-order valence-corrected chi connectivity index (χ2v) is 7.11. The molecule has 5 nitrogen and oxygen atoms in total. The van der Waals surface area contributed by atoms with Gasteiger partial charge in [0.25, 0.3) is 6.47 Å². The number of aryl methyl sites for hydroxylation is 1. The maximum Gasteiger partial charge on any atom is 0.337 e. The van der Waals surface area contributed by atoms with E-state index in [1.165, 1.54) is 31.1 Å². The standard InChI is InChI=1S/C15H21NO2.C5H10O2/c1-3-11-10-13(15(17)18-2)4-5-14(11)12-6-8-16-9-7-12;1-5(2,3)7-4-6/h4-5,10,12,16H,3,6-9H2,1-2H3;4H,1-3H3. The Kier molecular flexibility index (Phi) is 8.62. The fourth-order valence-electron chi connectivity index (χ4n) is 2.83. The van der Waals surface area contributed by atoms with Crippen LogP contribution in [0.15, 0.2) is 18.2 Å². The molecule has 0 spiro atoms. The SMILES string of the molecule is CC(C)(C)OC=O.CCc1cc(C(=O)OC)ccc1C1CCNCC1. The summed E-state index contributed by atoms with van der Waals surface area (Å²) in [5, 5.41) is 3.39. The highest BCUT2D eigenvalue weighted by Gasteiger charge is 2.18. The molecule has 0 aromatic heterocycles. The third kappa shape index (κ3) is 7.26. The van der Waals surface area contributed by atoms with E-state index < -0.39 is 0 Å². The van der Waals surface area contributed by atoms with Gasteiger partial charge in [0.15, 0.2) is 0 Å². The van der Waals surface area contributed by atoms with Crippen molar-refractivity contribution in [2.24, 2.45) is 0 Å². The highest BCUT2D eigenvalue weighted by Crippen LogP contribution is 2.29. The molecule has 0 atom stereocenters. The number of benzene rings is 1. The Morgan fingerprint density at radius 3 is 2.36 bits per heavy atom. The van der Waals surface area contributed by atoms with Gasteiger partial charge in [-0.3, -0.25) is 4.79 Å². The summed E-state index contributed by atoms with van der Waals surface area (Å²) >= 11 is 0. The lowest BCUT2D eigenvalue weighted by Crippen LogP contribution is -2.27. The summed E-state index contributed by atoms with van der Waals surface area (Å²) < 4.78 is 9.32. The van der Waals surface area contributed by atoms with Crippen LogP contribution in [0.4, 0.5) is 0 Å². The second kappa shape index (κ2) is 10.2. The van der Waals surface area contributed by atoms with Gasteiger partial charge < -0.3 is 14.8 Å². The van der Waals surface area contributed by atoms with Crippen molar-refractivity contribution in [1.29, 1.82) is 0 Å². The highest BCUT2D eigenvalue weighted by atomic mass is 16.5. The maximum atomic E-state index is 11.5. The number of hydrogen-bond donors (Lipinski definition) is 1. The van der Waals surface area contributed by atoms with Crippen LogP contribution in [0.1, 0.15) is 67.9 Å². The number of rotatable bonds is 4. The Hall–Kier alpha value is -1.88. The summed E-state index contributed by atoms with van der Waals surface area (Å²) in [6.07, 6.45) is 3.33. The molecule has 0 saturated carbocycles. The van der Waals surface area contributed by atoms with Gasteiger partial charge in [0.1, 0.15) is 5.60 Å². The van der Waals surface area contributed by atoms with E-state index in [1.54, 1.807) is 0 Å². The van der Waals surface area contributed by atoms with Crippen molar-refractivity contribution < 1.29 is 19.1 Å². The minimum Gasteiger partial charge on any atom is -0.465 e. The van der Waals surface area contributed by atoms with E-state index >= 15 is 0 Å². The summed E-state index contributed by atoms with van der Waals surface area (Å²) in [6.45, 7) is 10.2. The van der Waals surface area contributed by atoms with Gasteiger partial charge in [-0.25, -0.2) is 4.79 Å². The van der Waals surface area contributed by atoms with Gasteiger partial charge in [-0.2, -0.15) is 0 Å². The number of methoxy groups -OCH3 is 1. The molecule has 1 fully saturated rings. The van der Waals surface area contributed by atoms with E-state index in [9.17, 15) is 9.59 Å². The van der Waals surface area contributed by atoms with E-state index in [-0.39, 0.29) is 11.6 Å². The van der Waals surface area contributed by atoms with E-state index in [1.807, 2.05) is 32.9 Å². The van der Waals surface area contributed by atoms with Crippen LogP contribution in [-0.4, -0.2) is 38.2 Å². The number of carbonyl (C=O) groups is 2. The molecule has 5 heteroatoms. The van der Waals surface area contributed by atoms with Crippen LogP contribution in [-0.2, 0) is 20.7 Å². The minimum atomic E-state index is -0.318. The molecule has 1 aromatic carbocycles. The fraction of sp³-hybridized carbons (Fsp3) is 0.600. The lowest BCUT2D eigenvalue weighted by atomic mass is 9.85. The Balaban J connectivity index is 0.000000381. The third-order valence-corrected chi connectivity index (χ3v) is 4.13. The van der Waals surface area contributed by atoms with E-state index in [2.05, 4.69) is 23.0 Å². The first kappa shape index (κ1) is 21.2. The van der Waals surface area contributed by atoms with Crippen LogP contribution in [0.3, 0.4) is 0 Å². The Morgan fingerprint density at radius 1 is 1.28 bits per heavy atom. The summed E-state index contributed by atoms with van der Waals surface area (Å²) in [5.74, 6) is 0.384. The third-order valence-electron chi connectivity index (χ3n) is 4.13. The molecule has 0 radical (unpaired) electrons. The molecule has 0 amide bonds. The molecule has 1 aliphatic heterocycles. The van der Waals surface area contributed by atoms with Gasteiger partial charge in [-0.15, -0.1) is 0 Å². The summed E-state index contributed by atoms with van der Waals surface area (Å²) in [4.78, 5) is 21.1. The zero-order valence-corrected chi connectivity index (χ0v) is 16.1. The molecule has 1 saturated heterocycles. The smallest absolute Gasteiger partial charge is 0.337 e. The molecule has 0 bridgehead atoms. The summed E-state index contributed by atoms with van der Waals surface area (Å²) in [7, 11) is 1.43. The monoisotopic (exact) mass is 349 g/mol. The number of ether oxygens (including phenoxy) is 2. The molecule has 1 N–H and O–H groups in total. The second-order valence-electron chi connectivity index (χ2n) is 7.11. The highest BCUT2D eigenvalue weighted by molar-refractivity contribution is 5.89. The Morgan fingerprint density at radius 2 is 1.92 bits per heavy atom. The van der Waals surface area contributed by atoms with Crippen LogP contribution in [0.2, 0.25) is 0 Å². The molecule has 0 aliphatic carbocycles. The van der Waals surface area contributed by atoms with Crippen LogP contribution < -0.4 is 5.32 Å². The molecular weight excluding hydrogens is 318 g/mol. The van der Waals surface area contributed by atoms with E-state index in [0.717, 1.165) is 19.5 Å². The molecule has 0 unspecified atom stereocenters. The van der Waals surface area contributed by atoms with Crippen molar-refractivity contribution in [1.82, 2.24) is 5.32 Å². The van der Waals surface area contributed by atoms with Crippen LogP contribution in [0.25, 0.3) is 0 Å². The molecule has 25 heavy (non-hydrogen) atoms. The van der Waals surface area contributed by atoms with Gasteiger partial charge in [-0.05, 0) is 82.3 Å². The predicted molar refractivity (Wildman–Crippen MR) is 98.9 cm³/mol. The first-order chi connectivity index (χ1) is 11.8. The van der Waals surface area contributed by atoms with Gasteiger partial charge in [0.05, 0.1) is 12.7 Å². The predicted octanol–water partition coefficient (Wildman–Crippen LogP) is 3.46. The Labute approximate surface area is 151 Å². The average Bonchev–Trinajstić information content (AvgIpc) is 2.60. The molecule has 140 valence electrons. The maximum absolute atomic E-state index is 11.5. The zero-order valence-electron chi connectivity index (χ0n) is 16.1. The van der Waals surface area contributed by atoms with Crippen molar-refractivity contribution in [3.05, 3.63) is 34.9 Å². The van der Waals surface area contributed by atoms with Crippen molar-refractivity contribution in [3.63, 3.8) is 0 Å². The van der Waals surface area contributed by atoms with Crippen LogP contribution >= 0.6 is 0 Å². The number of nitrogens with one attached hydrogen (secondary N) is 1. The molecule has 1 heterocycles. The summed E-state index contributed by atoms with van der Waals surface area (Å²) in [5.41, 5.74) is 3.03. The lowest BCUT2D eigenvalue weighted by molar-refractivity contribution is -0.138. The largest absolute Gasteiger partial charge is 0.465 e. The zero-order chi connectivity index (χ0) is 18.9. The van der Waals surface area contributed by atoms with Crippen LogP contribution in [0, 0.1) is 0 Å². The lowest BCUT2D eigenvalue weighted by Gasteiger charge is -2.25. The number of esters is 1. The molecule has 2 rings (SSSR count). The topological polar surface area (TPSA) is 64.6 Å². The molecule has 1 aromatic rings. The minimum absolute atomic E-state index is 0.249. The molecule has 1 aliphatic rings. The normalized spacial score (nSPS) is 14.9. The summed E-state index contributed by atoms with van der Waals surface area (Å²) in [6, 6.07) is 5.99. The van der Waals surface area contributed by atoms with E-state index in [0.29, 0.717) is 18.0 Å². The number of carbonyl (C=O) groups excluding carboxylic acids is 2. The van der Waals surface area contributed by atoms with Gasteiger partial charge in [0, 0.05) is 0 Å². The van der Waals surface area contributed by atoms with Crippen LogP contribution in [0.5, 0.6) is 0 Å². The number of piperidine rings is 1. The quantitative estimate of drug-likeness (QED) is 0.666.